The van der Waals surface area contributed by atoms with E-state index < -0.39 is 10.0 Å². The summed E-state index contributed by atoms with van der Waals surface area (Å²) in [4.78, 5) is 10.4. The SMILES string of the molecule is CCNS(=O)(=O)c1ccccc1[C]=O. The van der Waals surface area contributed by atoms with Crippen molar-refractivity contribution in [3.05, 3.63) is 29.8 Å². The van der Waals surface area contributed by atoms with Gasteiger partial charge in [-0.05, 0) is 12.1 Å². The second-order valence-electron chi connectivity index (χ2n) is 2.60. The Morgan fingerprint density at radius 2 is 2.00 bits per heavy atom. The van der Waals surface area contributed by atoms with Crippen LogP contribution in [0.25, 0.3) is 0 Å². The molecule has 75 valence electrons. The molecular weight excluding hydrogens is 202 g/mol. The van der Waals surface area contributed by atoms with E-state index in [4.69, 9.17) is 0 Å². The van der Waals surface area contributed by atoms with E-state index in [0.717, 1.165) is 0 Å². The highest BCUT2D eigenvalue weighted by molar-refractivity contribution is 7.89. The van der Waals surface area contributed by atoms with Gasteiger partial charge in [-0.15, -0.1) is 0 Å². The quantitative estimate of drug-likeness (QED) is 0.787. The van der Waals surface area contributed by atoms with E-state index in [1.54, 1.807) is 25.3 Å². The van der Waals surface area contributed by atoms with Crippen molar-refractivity contribution in [2.24, 2.45) is 0 Å². The molecule has 0 amide bonds. The minimum atomic E-state index is -3.57. The molecule has 0 atom stereocenters. The van der Waals surface area contributed by atoms with Gasteiger partial charge in [0.2, 0.25) is 16.3 Å². The molecule has 14 heavy (non-hydrogen) atoms. The van der Waals surface area contributed by atoms with Crippen LogP contribution >= 0.6 is 0 Å². The highest BCUT2D eigenvalue weighted by Crippen LogP contribution is 2.12. The van der Waals surface area contributed by atoms with Gasteiger partial charge in [0.1, 0.15) is 0 Å². The summed E-state index contributed by atoms with van der Waals surface area (Å²) in [5.41, 5.74) is 0.0495. The smallest absolute Gasteiger partial charge is 0.241 e. The average molecular weight is 212 g/mol. The van der Waals surface area contributed by atoms with Crippen molar-refractivity contribution >= 4 is 16.3 Å². The third-order valence-electron chi connectivity index (χ3n) is 1.62. The van der Waals surface area contributed by atoms with Crippen molar-refractivity contribution in [1.82, 2.24) is 4.72 Å². The van der Waals surface area contributed by atoms with Crippen LogP contribution in [0.3, 0.4) is 0 Å². The second kappa shape index (κ2) is 4.34. The molecule has 0 heterocycles. The first-order valence-corrected chi connectivity index (χ1v) is 5.57. The molecule has 0 unspecified atom stereocenters. The van der Waals surface area contributed by atoms with Crippen molar-refractivity contribution in [3.8, 4) is 0 Å². The molecule has 4 nitrogen and oxygen atoms in total. The number of benzene rings is 1. The summed E-state index contributed by atoms with van der Waals surface area (Å²) in [5.74, 6) is 0. The first-order valence-electron chi connectivity index (χ1n) is 4.08. The predicted octanol–water partition coefficient (Wildman–Crippen LogP) is 0.443. The highest BCUT2D eigenvalue weighted by atomic mass is 32.2. The van der Waals surface area contributed by atoms with E-state index in [0.29, 0.717) is 0 Å². The number of hydrogen-bond donors (Lipinski definition) is 1. The Labute approximate surface area is 83.0 Å². The maximum absolute atomic E-state index is 11.5. The Bertz CT molecular complexity index is 425. The molecule has 1 N–H and O–H groups in total. The van der Waals surface area contributed by atoms with E-state index >= 15 is 0 Å². The van der Waals surface area contributed by atoms with E-state index in [9.17, 15) is 13.2 Å². The molecule has 1 aromatic rings. The topological polar surface area (TPSA) is 63.2 Å². The first-order chi connectivity index (χ1) is 6.61. The maximum atomic E-state index is 11.5. The molecule has 0 aliphatic carbocycles. The molecular formula is C9H10NO3S. The Morgan fingerprint density at radius 3 is 2.57 bits per heavy atom. The minimum Gasteiger partial charge on any atom is -0.285 e. The van der Waals surface area contributed by atoms with Gasteiger partial charge in [0.05, 0.1) is 4.90 Å². The molecule has 0 saturated carbocycles. The third kappa shape index (κ3) is 2.18. The number of hydrogen-bond acceptors (Lipinski definition) is 3. The van der Waals surface area contributed by atoms with Gasteiger partial charge in [-0.1, -0.05) is 19.1 Å². The number of rotatable bonds is 4. The molecule has 0 aliphatic heterocycles. The van der Waals surface area contributed by atoms with Crippen LogP contribution in [0.15, 0.2) is 29.2 Å². The maximum Gasteiger partial charge on any atom is 0.241 e. The van der Waals surface area contributed by atoms with Crippen LogP contribution in [0.5, 0.6) is 0 Å². The fourth-order valence-corrected chi connectivity index (χ4v) is 2.25. The van der Waals surface area contributed by atoms with Crippen LogP contribution in [0.1, 0.15) is 12.5 Å². The monoisotopic (exact) mass is 212 g/mol. The Kier molecular flexibility index (Phi) is 3.38. The fourth-order valence-electron chi connectivity index (χ4n) is 1.05. The van der Waals surface area contributed by atoms with Crippen LogP contribution in [-0.4, -0.2) is 21.2 Å². The van der Waals surface area contributed by atoms with Gasteiger partial charge in [0.25, 0.3) is 0 Å². The largest absolute Gasteiger partial charge is 0.285 e. The highest BCUT2D eigenvalue weighted by Gasteiger charge is 2.16. The molecule has 0 bridgehead atoms. The van der Waals surface area contributed by atoms with E-state index in [1.807, 2.05) is 0 Å². The lowest BCUT2D eigenvalue weighted by atomic mass is 10.2. The Balaban J connectivity index is 3.25. The normalized spacial score (nSPS) is 11.2. The van der Waals surface area contributed by atoms with Crippen molar-refractivity contribution < 1.29 is 13.2 Å². The fraction of sp³-hybridized carbons (Fsp3) is 0.222. The number of nitrogens with one attached hydrogen (secondary N) is 1. The Hall–Kier alpha value is -1.20. The lowest BCUT2D eigenvalue weighted by Gasteiger charge is -2.05. The summed E-state index contributed by atoms with van der Waals surface area (Å²) in [6.07, 6.45) is 1.59. The van der Waals surface area contributed by atoms with Crippen molar-refractivity contribution in [2.75, 3.05) is 6.54 Å². The Morgan fingerprint density at radius 1 is 1.36 bits per heavy atom. The molecule has 5 heteroatoms. The lowest BCUT2D eigenvalue weighted by Crippen LogP contribution is -2.24. The first kappa shape index (κ1) is 10.9. The van der Waals surface area contributed by atoms with Crippen molar-refractivity contribution in [1.29, 1.82) is 0 Å². The van der Waals surface area contributed by atoms with Gasteiger partial charge < -0.3 is 0 Å². The summed E-state index contributed by atoms with van der Waals surface area (Å²) >= 11 is 0. The molecule has 0 aliphatic rings. The van der Waals surface area contributed by atoms with Gasteiger partial charge in [0.15, 0.2) is 0 Å². The summed E-state index contributed by atoms with van der Waals surface area (Å²) in [7, 11) is -3.57. The number of carbonyl (C=O) groups excluding carboxylic acids is 1. The standard InChI is InChI=1S/C9H10NO3S/c1-2-10-14(12,13)9-6-4-3-5-8(9)7-11/h3-6,10H,2H2,1H3. The minimum absolute atomic E-state index is 0.0307. The third-order valence-corrected chi connectivity index (χ3v) is 3.22. The average Bonchev–Trinajstić information content (AvgIpc) is 2.18. The second-order valence-corrected chi connectivity index (χ2v) is 4.33. The molecule has 1 aromatic carbocycles. The van der Waals surface area contributed by atoms with Crippen LogP contribution in [-0.2, 0) is 14.8 Å². The number of sulfonamides is 1. The van der Waals surface area contributed by atoms with Gasteiger partial charge >= 0.3 is 0 Å². The van der Waals surface area contributed by atoms with E-state index in [-0.39, 0.29) is 17.0 Å². The van der Waals surface area contributed by atoms with Gasteiger partial charge in [-0.3, -0.25) is 4.79 Å². The van der Waals surface area contributed by atoms with Gasteiger partial charge in [0, 0.05) is 12.1 Å². The van der Waals surface area contributed by atoms with Crippen LogP contribution < -0.4 is 4.72 Å². The molecule has 0 aromatic heterocycles. The molecule has 1 radical (unpaired) electrons. The summed E-state index contributed by atoms with van der Waals surface area (Å²) in [6.45, 7) is 1.96. The zero-order chi connectivity index (χ0) is 10.6. The van der Waals surface area contributed by atoms with Gasteiger partial charge in [-0.2, -0.15) is 0 Å². The van der Waals surface area contributed by atoms with Crippen LogP contribution in [0, 0.1) is 0 Å². The summed E-state index contributed by atoms with van der Waals surface area (Å²) < 4.78 is 25.3. The zero-order valence-corrected chi connectivity index (χ0v) is 8.47. The predicted molar refractivity (Wildman–Crippen MR) is 52.1 cm³/mol. The van der Waals surface area contributed by atoms with E-state index in [2.05, 4.69) is 4.72 Å². The molecule has 0 fully saturated rings. The van der Waals surface area contributed by atoms with Crippen molar-refractivity contribution in [2.45, 2.75) is 11.8 Å². The molecule has 0 spiro atoms. The molecule has 0 saturated heterocycles. The molecule has 1 rings (SSSR count). The zero-order valence-electron chi connectivity index (χ0n) is 7.65. The van der Waals surface area contributed by atoms with Crippen LogP contribution in [0.2, 0.25) is 0 Å². The summed E-state index contributed by atoms with van der Waals surface area (Å²) in [6, 6.07) is 5.94. The van der Waals surface area contributed by atoms with E-state index in [1.165, 1.54) is 12.1 Å². The summed E-state index contributed by atoms with van der Waals surface area (Å²) in [5, 5.41) is 0. The van der Waals surface area contributed by atoms with Gasteiger partial charge in [-0.25, -0.2) is 13.1 Å². The van der Waals surface area contributed by atoms with Crippen LogP contribution in [0.4, 0.5) is 0 Å². The van der Waals surface area contributed by atoms with Crippen molar-refractivity contribution in [3.63, 3.8) is 0 Å². The lowest BCUT2D eigenvalue weighted by molar-refractivity contribution is 0.560.